The average Bonchev–Trinajstić information content (AvgIpc) is 3.33. The van der Waals surface area contributed by atoms with E-state index in [0.29, 0.717) is 19.4 Å². The Hall–Kier alpha value is -1.44. The van der Waals surface area contributed by atoms with Gasteiger partial charge in [-0.1, -0.05) is 11.6 Å². The largest absolute Gasteiger partial charge is 0.340 e. The van der Waals surface area contributed by atoms with Gasteiger partial charge in [0.15, 0.2) is 0 Å². The van der Waals surface area contributed by atoms with Gasteiger partial charge < -0.3 is 9.80 Å². The molecule has 4 rings (SSSR count). The van der Waals surface area contributed by atoms with Crippen molar-refractivity contribution in [3.63, 3.8) is 0 Å². The molecule has 0 aliphatic carbocycles. The summed E-state index contributed by atoms with van der Waals surface area (Å²) in [5, 5.41) is 2.85. The molecule has 0 N–H and O–H groups in total. The van der Waals surface area contributed by atoms with E-state index in [1.165, 1.54) is 22.7 Å². The molecular formula is C17H18ClN3O2S2. The number of thiazole rings is 1. The van der Waals surface area contributed by atoms with Crippen molar-refractivity contribution in [2.75, 3.05) is 19.6 Å². The Morgan fingerprint density at radius 2 is 2.24 bits per heavy atom. The van der Waals surface area contributed by atoms with Gasteiger partial charge in [0.05, 0.1) is 27.4 Å². The molecule has 1 unspecified atom stereocenters. The Balaban J connectivity index is 1.36. The van der Waals surface area contributed by atoms with Crippen molar-refractivity contribution in [2.24, 2.45) is 0 Å². The summed E-state index contributed by atoms with van der Waals surface area (Å²) in [6.45, 7) is 2.22. The Labute approximate surface area is 159 Å². The monoisotopic (exact) mass is 395 g/mol. The fourth-order valence-electron chi connectivity index (χ4n) is 3.48. The van der Waals surface area contributed by atoms with Crippen LogP contribution in [0.2, 0.25) is 4.34 Å². The van der Waals surface area contributed by atoms with Crippen molar-refractivity contribution in [1.82, 2.24) is 14.8 Å². The number of aromatic nitrogens is 1. The van der Waals surface area contributed by atoms with Gasteiger partial charge in [-0.05, 0) is 25.0 Å². The first kappa shape index (κ1) is 17.0. The van der Waals surface area contributed by atoms with Crippen LogP contribution in [0.5, 0.6) is 0 Å². The lowest BCUT2D eigenvalue weighted by atomic mass is 10.2. The predicted molar refractivity (Wildman–Crippen MR) is 100 cm³/mol. The molecule has 2 aromatic heterocycles. The molecular weight excluding hydrogens is 378 g/mol. The second-order valence-corrected chi connectivity index (χ2v) is 8.97. The molecule has 2 aromatic rings. The fourth-order valence-corrected chi connectivity index (χ4v) is 5.41. The van der Waals surface area contributed by atoms with Crippen LogP contribution >= 0.6 is 34.3 Å². The van der Waals surface area contributed by atoms with Crippen LogP contribution in [0, 0.1) is 0 Å². The summed E-state index contributed by atoms with van der Waals surface area (Å²) in [5.41, 5.74) is 0.801. The van der Waals surface area contributed by atoms with E-state index in [4.69, 9.17) is 11.6 Å². The van der Waals surface area contributed by atoms with Crippen molar-refractivity contribution in [3.05, 3.63) is 27.5 Å². The highest BCUT2D eigenvalue weighted by atomic mass is 35.5. The lowest BCUT2D eigenvalue weighted by Gasteiger charge is -2.24. The van der Waals surface area contributed by atoms with Crippen LogP contribution < -0.4 is 0 Å². The summed E-state index contributed by atoms with van der Waals surface area (Å²) in [4.78, 5) is 33.9. The van der Waals surface area contributed by atoms with Gasteiger partial charge in [0.1, 0.15) is 5.01 Å². The highest BCUT2D eigenvalue weighted by molar-refractivity contribution is 7.23. The molecule has 0 bridgehead atoms. The van der Waals surface area contributed by atoms with Crippen molar-refractivity contribution in [2.45, 2.75) is 31.7 Å². The van der Waals surface area contributed by atoms with E-state index in [1.807, 2.05) is 27.3 Å². The third-order valence-corrected chi connectivity index (χ3v) is 7.03. The molecule has 0 aromatic carbocycles. The van der Waals surface area contributed by atoms with Gasteiger partial charge in [-0.2, -0.15) is 0 Å². The maximum absolute atomic E-state index is 12.6. The Morgan fingerprint density at radius 1 is 1.36 bits per heavy atom. The summed E-state index contributed by atoms with van der Waals surface area (Å²) >= 11 is 9.00. The van der Waals surface area contributed by atoms with E-state index in [2.05, 4.69) is 4.98 Å². The van der Waals surface area contributed by atoms with Crippen LogP contribution in [-0.2, 0) is 16.0 Å². The Kier molecular flexibility index (Phi) is 4.80. The van der Waals surface area contributed by atoms with Crippen molar-refractivity contribution in [1.29, 1.82) is 0 Å². The van der Waals surface area contributed by atoms with Crippen LogP contribution in [0.15, 0.2) is 17.5 Å². The number of carbonyl (C=O) groups is 2. The lowest BCUT2D eigenvalue weighted by molar-refractivity contribution is -0.132. The number of carbonyl (C=O) groups excluding carboxylic acids is 2. The number of halogens is 1. The first-order valence-corrected chi connectivity index (χ1v) is 10.4. The molecule has 2 aliphatic rings. The lowest BCUT2D eigenvalue weighted by Crippen LogP contribution is -2.39. The van der Waals surface area contributed by atoms with Crippen molar-refractivity contribution in [3.8, 4) is 9.88 Å². The van der Waals surface area contributed by atoms with Gasteiger partial charge in [0, 0.05) is 31.4 Å². The van der Waals surface area contributed by atoms with Gasteiger partial charge in [-0.25, -0.2) is 4.98 Å². The normalized spacial score (nSPS) is 20.7. The molecule has 0 radical (unpaired) electrons. The van der Waals surface area contributed by atoms with Crippen LogP contribution in [-0.4, -0.2) is 52.3 Å². The highest BCUT2D eigenvalue weighted by Crippen LogP contribution is 2.33. The maximum atomic E-state index is 12.6. The zero-order valence-electron chi connectivity index (χ0n) is 13.6. The molecule has 5 nitrogen and oxygen atoms in total. The standard InChI is InChI=1S/C17H18ClN3O2S2/c18-14-4-3-13(25-14)17-19-11(10-24-17)8-16(23)20-7-5-12(9-20)21-6-1-2-15(21)22/h3-4,10,12H,1-2,5-9H2. The van der Waals surface area contributed by atoms with Crippen LogP contribution in [0.3, 0.4) is 0 Å². The molecule has 8 heteroatoms. The van der Waals surface area contributed by atoms with Gasteiger partial charge >= 0.3 is 0 Å². The van der Waals surface area contributed by atoms with E-state index >= 15 is 0 Å². The van der Waals surface area contributed by atoms with Crippen molar-refractivity contribution < 1.29 is 9.59 Å². The first-order valence-electron chi connectivity index (χ1n) is 8.37. The van der Waals surface area contributed by atoms with E-state index in [1.54, 1.807) is 0 Å². The van der Waals surface area contributed by atoms with Crippen LogP contribution in [0.4, 0.5) is 0 Å². The number of nitrogens with zero attached hydrogens (tertiary/aromatic N) is 3. The molecule has 0 saturated carbocycles. The molecule has 0 spiro atoms. The zero-order chi connectivity index (χ0) is 17.4. The molecule has 25 heavy (non-hydrogen) atoms. The van der Waals surface area contributed by atoms with Gasteiger partial charge in [0.2, 0.25) is 11.8 Å². The number of hydrogen-bond acceptors (Lipinski definition) is 5. The highest BCUT2D eigenvalue weighted by Gasteiger charge is 2.34. The summed E-state index contributed by atoms with van der Waals surface area (Å²) in [6, 6.07) is 4.01. The van der Waals surface area contributed by atoms with Gasteiger partial charge in [-0.3, -0.25) is 9.59 Å². The first-order chi connectivity index (χ1) is 12.1. The predicted octanol–water partition coefficient (Wildman–Crippen LogP) is 3.29. The minimum absolute atomic E-state index is 0.0928. The second-order valence-electron chi connectivity index (χ2n) is 6.40. The van der Waals surface area contributed by atoms with Crippen LogP contribution in [0.25, 0.3) is 9.88 Å². The number of likely N-dealkylation sites (tertiary alicyclic amines) is 2. The van der Waals surface area contributed by atoms with Crippen molar-refractivity contribution >= 4 is 46.1 Å². The maximum Gasteiger partial charge on any atom is 0.228 e. The minimum atomic E-state index is 0.0928. The van der Waals surface area contributed by atoms with E-state index in [-0.39, 0.29) is 17.9 Å². The fraction of sp³-hybridized carbons (Fsp3) is 0.471. The molecule has 2 saturated heterocycles. The summed E-state index contributed by atoms with van der Waals surface area (Å²) in [5.74, 6) is 0.327. The third kappa shape index (κ3) is 3.59. The number of hydrogen-bond donors (Lipinski definition) is 0. The summed E-state index contributed by atoms with van der Waals surface area (Å²) in [7, 11) is 0. The van der Waals surface area contributed by atoms with Gasteiger partial charge in [0.25, 0.3) is 0 Å². The molecule has 2 aliphatic heterocycles. The summed E-state index contributed by atoms with van der Waals surface area (Å²) in [6.07, 6.45) is 2.79. The smallest absolute Gasteiger partial charge is 0.228 e. The molecule has 1 atom stereocenters. The number of amides is 2. The Bertz CT molecular complexity index is 803. The van der Waals surface area contributed by atoms with E-state index in [0.717, 1.165) is 45.8 Å². The Morgan fingerprint density at radius 3 is 2.96 bits per heavy atom. The van der Waals surface area contributed by atoms with E-state index < -0.39 is 0 Å². The minimum Gasteiger partial charge on any atom is -0.340 e. The molecule has 2 fully saturated rings. The number of rotatable bonds is 4. The molecule has 132 valence electrons. The van der Waals surface area contributed by atoms with E-state index in [9.17, 15) is 9.59 Å². The second kappa shape index (κ2) is 7.05. The van der Waals surface area contributed by atoms with Gasteiger partial charge in [-0.15, -0.1) is 22.7 Å². The zero-order valence-corrected chi connectivity index (χ0v) is 16.0. The SMILES string of the molecule is O=C(Cc1csc(-c2ccc(Cl)s2)n1)N1CCC(N2CCCC2=O)C1. The van der Waals surface area contributed by atoms with Crippen LogP contribution in [0.1, 0.15) is 25.0 Å². The third-order valence-electron chi connectivity index (χ3n) is 4.73. The average molecular weight is 396 g/mol. The summed E-state index contributed by atoms with van der Waals surface area (Å²) < 4.78 is 0.738. The molecule has 4 heterocycles. The quantitative estimate of drug-likeness (QED) is 0.798. The molecule has 2 amide bonds. The number of thiophene rings is 1. The topological polar surface area (TPSA) is 53.5 Å².